The van der Waals surface area contributed by atoms with E-state index < -0.39 is 0 Å². The molecular formula is C12H10BrClN2S. The van der Waals surface area contributed by atoms with Crippen molar-refractivity contribution in [2.24, 2.45) is 0 Å². The predicted molar refractivity (Wildman–Crippen MR) is 77.4 cm³/mol. The van der Waals surface area contributed by atoms with Crippen LogP contribution in [0.3, 0.4) is 0 Å². The summed E-state index contributed by atoms with van der Waals surface area (Å²) in [5, 5.41) is 1.70. The van der Waals surface area contributed by atoms with Gasteiger partial charge in [-0.25, -0.2) is 4.98 Å². The van der Waals surface area contributed by atoms with Crippen molar-refractivity contribution in [3.63, 3.8) is 0 Å². The highest BCUT2D eigenvalue weighted by Crippen LogP contribution is 2.30. The third-order valence-electron chi connectivity index (χ3n) is 2.15. The van der Waals surface area contributed by atoms with E-state index in [0.29, 0.717) is 5.69 Å². The molecule has 0 saturated heterocycles. The molecule has 0 fully saturated rings. The molecule has 2 rings (SSSR count). The number of halogens is 2. The fraction of sp³-hybridized carbons (Fsp3) is 0.0833. The van der Waals surface area contributed by atoms with Crippen LogP contribution >= 0.6 is 39.3 Å². The lowest BCUT2D eigenvalue weighted by atomic mass is 10.2. The molecule has 2 N–H and O–H groups in total. The van der Waals surface area contributed by atoms with Gasteiger partial charge in [0.2, 0.25) is 0 Å². The fourth-order valence-electron chi connectivity index (χ4n) is 1.31. The second-order valence-corrected chi connectivity index (χ2v) is 5.66. The summed E-state index contributed by atoms with van der Waals surface area (Å²) in [5.74, 6) is 0.787. The first-order chi connectivity index (χ1) is 8.16. The Balaban J connectivity index is 2.10. The standard InChI is InChI=1S/C12H10BrClN2S/c13-10-5-9(15)6-16-12(10)17-7-8-3-1-2-4-11(8)14/h1-6H,7,15H2. The molecule has 1 heterocycles. The van der Waals surface area contributed by atoms with Crippen LogP contribution in [0.4, 0.5) is 5.69 Å². The van der Waals surface area contributed by atoms with E-state index in [1.54, 1.807) is 18.0 Å². The van der Waals surface area contributed by atoms with E-state index in [0.717, 1.165) is 25.8 Å². The normalized spacial score (nSPS) is 10.5. The van der Waals surface area contributed by atoms with Crippen molar-refractivity contribution in [1.29, 1.82) is 0 Å². The van der Waals surface area contributed by atoms with E-state index in [2.05, 4.69) is 20.9 Å². The van der Waals surface area contributed by atoms with Crippen LogP contribution in [0.25, 0.3) is 0 Å². The van der Waals surface area contributed by atoms with E-state index >= 15 is 0 Å². The summed E-state index contributed by atoms with van der Waals surface area (Å²) in [5.41, 5.74) is 7.39. The summed E-state index contributed by atoms with van der Waals surface area (Å²) in [6.45, 7) is 0. The van der Waals surface area contributed by atoms with Gasteiger partial charge in [-0.3, -0.25) is 0 Å². The molecule has 0 spiro atoms. The van der Waals surface area contributed by atoms with Crippen LogP contribution in [0.1, 0.15) is 5.56 Å². The Morgan fingerprint density at radius 3 is 2.82 bits per heavy atom. The van der Waals surface area contributed by atoms with E-state index in [9.17, 15) is 0 Å². The fourth-order valence-corrected chi connectivity index (χ4v) is 3.17. The molecule has 0 saturated carbocycles. The summed E-state index contributed by atoms with van der Waals surface area (Å²) in [4.78, 5) is 4.27. The van der Waals surface area contributed by atoms with Gasteiger partial charge in [0.25, 0.3) is 0 Å². The smallest absolute Gasteiger partial charge is 0.111 e. The zero-order chi connectivity index (χ0) is 12.3. The highest BCUT2D eigenvalue weighted by Gasteiger charge is 2.05. The van der Waals surface area contributed by atoms with Crippen molar-refractivity contribution in [3.05, 3.63) is 51.6 Å². The number of aromatic nitrogens is 1. The maximum Gasteiger partial charge on any atom is 0.111 e. The van der Waals surface area contributed by atoms with Gasteiger partial charge in [0.05, 0.1) is 16.4 Å². The first-order valence-corrected chi connectivity index (χ1v) is 7.09. The maximum atomic E-state index is 6.09. The number of benzene rings is 1. The predicted octanol–water partition coefficient (Wildman–Crippen LogP) is 4.37. The van der Waals surface area contributed by atoms with Gasteiger partial charge in [-0.2, -0.15) is 0 Å². The molecule has 88 valence electrons. The Labute approximate surface area is 118 Å². The van der Waals surface area contributed by atoms with Gasteiger partial charge in [-0.05, 0) is 33.6 Å². The van der Waals surface area contributed by atoms with Crippen LogP contribution in [0.15, 0.2) is 46.0 Å². The van der Waals surface area contributed by atoms with Crippen LogP contribution in [-0.2, 0) is 5.75 Å². The van der Waals surface area contributed by atoms with Crippen LogP contribution < -0.4 is 5.73 Å². The summed E-state index contributed by atoms with van der Waals surface area (Å²) in [6.07, 6.45) is 1.65. The van der Waals surface area contributed by atoms with Gasteiger partial charge in [0.15, 0.2) is 0 Å². The zero-order valence-corrected chi connectivity index (χ0v) is 12.0. The maximum absolute atomic E-state index is 6.09. The first kappa shape index (κ1) is 12.7. The Morgan fingerprint density at radius 1 is 1.35 bits per heavy atom. The van der Waals surface area contributed by atoms with Crippen molar-refractivity contribution >= 4 is 45.0 Å². The number of hydrogen-bond donors (Lipinski definition) is 1. The second kappa shape index (κ2) is 5.76. The lowest BCUT2D eigenvalue weighted by molar-refractivity contribution is 1.11. The minimum absolute atomic E-state index is 0.652. The number of nitrogens with two attached hydrogens (primary N) is 1. The third kappa shape index (κ3) is 3.37. The van der Waals surface area contributed by atoms with Crippen molar-refractivity contribution < 1.29 is 0 Å². The largest absolute Gasteiger partial charge is 0.397 e. The molecule has 1 aromatic heterocycles. The molecule has 0 bridgehead atoms. The number of hydrogen-bond acceptors (Lipinski definition) is 3. The van der Waals surface area contributed by atoms with E-state index in [4.69, 9.17) is 17.3 Å². The quantitative estimate of drug-likeness (QED) is 0.850. The minimum atomic E-state index is 0.652. The topological polar surface area (TPSA) is 38.9 Å². The van der Waals surface area contributed by atoms with Gasteiger partial charge in [-0.15, -0.1) is 11.8 Å². The van der Waals surface area contributed by atoms with E-state index in [1.165, 1.54) is 0 Å². The average molecular weight is 330 g/mol. The highest BCUT2D eigenvalue weighted by molar-refractivity contribution is 9.10. The van der Waals surface area contributed by atoms with Gasteiger partial charge in [0, 0.05) is 10.8 Å². The van der Waals surface area contributed by atoms with Crippen LogP contribution in [0.2, 0.25) is 5.02 Å². The Bertz CT molecular complexity index is 534. The summed E-state index contributed by atoms with van der Waals surface area (Å²) in [7, 11) is 0. The molecule has 1 aromatic carbocycles. The minimum Gasteiger partial charge on any atom is -0.397 e. The van der Waals surface area contributed by atoms with Crippen molar-refractivity contribution in [2.45, 2.75) is 10.8 Å². The second-order valence-electron chi connectivity index (χ2n) is 3.44. The number of pyridine rings is 1. The molecule has 0 atom stereocenters. The number of nitrogen functional groups attached to an aromatic ring is 1. The Hall–Kier alpha value is -0.710. The van der Waals surface area contributed by atoms with Crippen molar-refractivity contribution in [3.8, 4) is 0 Å². The molecule has 0 unspecified atom stereocenters. The molecular weight excluding hydrogens is 320 g/mol. The van der Waals surface area contributed by atoms with Crippen molar-refractivity contribution in [1.82, 2.24) is 4.98 Å². The summed E-state index contributed by atoms with van der Waals surface area (Å²) >= 11 is 11.2. The lowest BCUT2D eigenvalue weighted by Gasteiger charge is -2.05. The van der Waals surface area contributed by atoms with Crippen molar-refractivity contribution in [2.75, 3.05) is 5.73 Å². The van der Waals surface area contributed by atoms with Gasteiger partial charge >= 0.3 is 0 Å². The molecule has 0 amide bonds. The number of rotatable bonds is 3. The van der Waals surface area contributed by atoms with E-state index in [-0.39, 0.29) is 0 Å². The van der Waals surface area contributed by atoms with Gasteiger partial charge in [-0.1, -0.05) is 29.8 Å². The molecule has 0 aliphatic heterocycles. The summed E-state index contributed by atoms with van der Waals surface area (Å²) < 4.78 is 0.912. The summed E-state index contributed by atoms with van der Waals surface area (Å²) in [6, 6.07) is 9.66. The molecule has 0 aliphatic carbocycles. The van der Waals surface area contributed by atoms with Crippen LogP contribution in [0, 0.1) is 0 Å². The van der Waals surface area contributed by atoms with Gasteiger partial charge < -0.3 is 5.73 Å². The molecule has 2 aromatic rings. The third-order valence-corrected chi connectivity index (χ3v) is 4.44. The molecule has 5 heteroatoms. The number of nitrogens with zero attached hydrogens (tertiary/aromatic N) is 1. The highest BCUT2D eigenvalue weighted by atomic mass is 79.9. The van der Waals surface area contributed by atoms with Crippen LogP contribution in [0.5, 0.6) is 0 Å². The Kier molecular flexibility index (Phi) is 4.31. The molecule has 0 radical (unpaired) electrons. The molecule has 0 aliphatic rings. The monoisotopic (exact) mass is 328 g/mol. The number of thioether (sulfide) groups is 1. The van der Waals surface area contributed by atoms with E-state index in [1.807, 2.05) is 30.3 Å². The average Bonchev–Trinajstić information content (AvgIpc) is 2.30. The lowest BCUT2D eigenvalue weighted by Crippen LogP contribution is -1.90. The zero-order valence-electron chi connectivity index (χ0n) is 8.86. The SMILES string of the molecule is Nc1cnc(SCc2ccccc2Cl)c(Br)c1. The first-order valence-electron chi connectivity index (χ1n) is 4.94. The number of anilines is 1. The Morgan fingerprint density at radius 2 is 2.12 bits per heavy atom. The molecule has 17 heavy (non-hydrogen) atoms. The molecule has 2 nitrogen and oxygen atoms in total. The van der Waals surface area contributed by atoms with Crippen LogP contribution in [-0.4, -0.2) is 4.98 Å². The van der Waals surface area contributed by atoms with Gasteiger partial charge in [0.1, 0.15) is 5.03 Å².